The molecule has 0 aliphatic rings. The second kappa shape index (κ2) is 4.69. The lowest BCUT2D eigenvalue weighted by atomic mass is 10.2. The first kappa shape index (κ1) is 11.2. The van der Waals surface area contributed by atoms with Crippen LogP contribution in [0.2, 0.25) is 0 Å². The van der Waals surface area contributed by atoms with Gasteiger partial charge in [0.2, 0.25) is 0 Å². The standard InChI is InChI=1S/C12H12N2O3/c1-14(12(16)10-6-7-17-13-10)8-9-4-2-3-5-11(9)15/h2-7,15H,8H2,1H3. The molecule has 1 aromatic heterocycles. The van der Waals surface area contributed by atoms with Crippen LogP contribution in [0.4, 0.5) is 0 Å². The number of hydrogen-bond acceptors (Lipinski definition) is 4. The van der Waals surface area contributed by atoms with Crippen molar-refractivity contribution >= 4 is 5.91 Å². The molecule has 0 radical (unpaired) electrons. The topological polar surface area (TPSA) is 66.6 Å². The molecule has 0 fully saturated rings. The molecule has 0 spiro atoms. The number of aromatic nitrogens is 1. The predicted molar refractivity (Wildman–Crippen MR) is 60.4 cm³/mol. The summed E-state index contributed by atoms with van der Waals surface area (Å²) >= 11 is 0. The van der Waals surface area contributed by atoms with Crippen molar-refractivity contribution in [3.8, 4) is 5.75 Å². The maximum atomic E-state index is 11.8. The van der Waals surface area contributed by atoms with E-state index in [0.29, 0.717) is 12.1 Å². The zero-order chi connectivity index (χ0) is 12.3. The minimum Gasteiger partial charge on any atom is -0.508 e. The molecule has 2 rings (SSSR count). The average Bonchev–Trinajstić information content (AvgIpc) is 2.84. The summed E-state index contributed by atoms with van der Waals surface area (Å²) in [5.74, 6) is -0.0747. The zero-order valence-corrected chi connectivity index (χ0v) is 9.33. The van der Waals surface area contributed by atoms with E-state index in [1.807, 2.05) is 6.07 Å². The van der Waals surface area contributed by atoms with Crippen molar-refractivity contribution in [2.24, 2.45) is 0 Å². The highest BCUT2D eigenvalue weighted by Gasteiger charge is 2.15. The van der Waals surface area contributed by atoms with E-state index in [2.05, 4.69) is 9.68 Å². The van der Waals surface area contributed by atoms with Gasteiger partial charge in [0.15, 0.2) is 5.69 Å². The van der Waals surface area contributed by atoms with Crippen molar-refractivity contribution in [3.63, 3.8) is 0 Å². The second-order valence-corrected chi connectivity index (χ2v) is 3.67. The van der Waals surface area contributed by atoms with E-state index >= 15 is 0 Å². The molecule has 0 atom stereocenters. The van der Waals surface area contributed by atoms with Gasteiger partial charge in [-0.3, -0.25) is 4.79 Å². The highest BCUT2D eigenvalue weighted by molar-refractivity contribution is 5.91. The van der Waals surface area contributed by atoms with E-state index in [9.17, 15) is 9.90 Å². The number of hydrogen-bond donors (Lipinski definition) is 1. The van der Waals surface area contributed by atoms with E-state index in [1.54, 1.807) is 25.2 Å². The molecule has 1 aromatic carbocycles. The molecule has 0 aliphatic heterocycles. The van der Waals surface area contributed by atoms with E-state index in [1.165, 1.54) is 17.2 Å². The molecule has 2 aromatic rings. The van der Waals surface area contributed by atoms with Gasteiger partial charge in [0.05, 0.1) is 0 Å². The van der Waals surface area contributed by atoms with Crippen molar-refractivity contribution in [2.45, 2.75) is 6.54 Å². The molecule has 1 amide bonds. The monoisotopic (exact) mass is 232 g/mol. The van der Waals surface area contributed by atoms with Crippen LogP contribution in [0.15, 0.2) is 41.1 Å². The third-order valence-corrected chi connectivity index (χ3v) is 2.40. The van der Waals surface area contributed by atoms with E-state index in [0.717, 1.165) is 0 Å². The van der Waals surface area contributed by atoms with Crippen LogP contribution >= 0.6 is 0 Å². The SMILES string of the molecule is CN(Cc1ccccc1O)C(=O)c1ccon1. The summed E-state index contributed by atoms with van der Waals surface area (Å²) in [7, 11) is 1.64. The van der Waals surface area contributed by atoms with Crippen LogP contribution in [0.1, 0.15) is 16.1 Å². The zero-order valence-electron chi connectivity index (χ0n) is 9.33. The van der Waals surface area contributed by atoms with Crippen LogP contribution in [0.3, 0.4) is 0 Å². The Morgan fingerprint density at radius 3 is 2.82 bits per heavy atom. The Morgan fingerprint density at radius 2 is 2.18 bits per heavy atom. The fourth-order valence-electron chi connectivity index (χ4n) is 1.49. The van der Waals surface area contributed by atoms with Crippen molar-refractivity contribution < 1.29 is 14.4 Å². The predicted octanol–water partition coefficient (Wildman–Crippen LogP) is 1.65. The molecule has 17 heavy (non-hydrogen) atoms. The summed E-state index contributed by atoms with van der Waals surface area (Å²) in [5, 5.41) is 13.2. The molecular formula is C12H12N2O3. The highest BCUT2D eigenvalue weighted by atomic mass is 16.5. The number of carbonyl (C=O) groups is 1. The Balaban J connectivity index is 2.10. The summed E-state index contributed by atoms with van der Waals surface area (Å²) in [4.78, 5) is 13.3. The molecule has 0 bridgehead atoms. The smallest absolute Gasteiger partial charge is 0.276 e. The van der Waals surface area contributed by atoms with E-state index in [-0.39, 0.29) is 17.4 Å². The van der Waals surface area contributed by atoms with Gasteiger partial charge in [-0.25, -0.2) is 0 Å². The van der Waals surface area contributed by atoms with Crippen LogP contribution in [0.25, 0.3) is 0 Å². The van der Waals surface area contributed by atoms with Crippen LogP contribution in [-0.2, 0) is 6.54 Å². The molecular weight excluding hydrogens is 220 g/mol. The van der Waals surface area contributed by atoms with Crippen LogP contribution in [0.5, 0.6) is 5.75 Å². The molecule has 0 aliphatic carbocycles. The van der Waals surface area contributed by atoms with Gasteiger partial charge in [-0.15, -0.1) is 0 Å². The first-order chi connectivity index (χ1) is 8.18. The Morgan fingerprint density at radius 1 is 1.41 bits per heavy atom. The molecule has 5 nitrogen and oxygen atoms in total. The number of carbonyl (C=O) groups excluding carboxylic acids is 1. The average molecular weight is 232 g/mol. The third-order valence-electron chi connectivity index (χ3n) is 2.40. The van der Waals surface area contributed by atoms with Crippen LogP contribution < -0.4 is 0 Å². The van der Waals surface area contributed by atoms with Crippen LogP contribution in [-0.4, -0.2) is 28.1 Å². The normalized spacial score (nSPS) is 10.2. The largest absolute Gasteiger partial charge is 0.508 e. The summed E-state index contributed by atoms with van der Waals surface area (Å²) in [5.41, 5.74) is 0.940. The maximum absolute atomic E-state index is 11.8. The van der Waals surface area contributed by atoms with Crippen LogP contribution in [0, 0.1) is 0 Å². The van der Waals surface area contributed by atoms with Gasteiger partial charge in [0, 0.05) is 25.2 Å². The molecule has 0 saturated heterocycles. The highest BCUT2D eigenvalue weighted by Crippen LogP contribution is 2.17. The number of nitrogens with zero attached hydrogens (tertiary/aromatic N) is 2. The molecule has 1 N–H and O–H groups in total. The molecule has 0 saturated carbocycles. The van der Waals surface area contributed by atoms with E-state index < -0.39 is 0 Å². The lowest BCUT2D eigenvalue weighted by molar-refractivity contribution is 0.0774. The Kier molecular flexibility index (Phi) is 3.09. The summed E-state index contributed by atoms with van der Waals surface area (Å²) in [6, 6.07) is 8.40. The van der Waals surface area contributed by atoms with Gasteiger partial charge in [-0.2, -0.15) is 0 Å². The maximum Gasteiger partial charge on any atom is 0.276 e. The van der Waals surface area contributed by atoms with Gasteiger partial charge < -0.3 is 14.5 Å². The fraction of sp³-hybridized carbons (Fsp3) is 0.167. The first-order valence-electron chi connectivity index (χ1n) is 5.11. The first-order valence-corrected chi connectivity index (χ1v) is 5.11. The van der Waals surface area contributed by atoms with Gasteiger partial charge in [-0.1, -0.05) is 23.4 Å². The number of para-hydroxylation sites is 1. The van der Waals surface area contributed by atoms with Crippen molar-refractivity contribution in [1.29, 1.82) is 0 Å². The third kappa shape index (κ3) is 2.44. The van der Waals surface area contributed by atoms with Crippen molar-refractivity contribution in [1.82, 2.24) is 10.1 Å². The second-order valence-electron chi connectivity index (χ2n) is 3.67. The number of phenolic OH excluding ortho intramolecular Hbond substituents is 1. The molecule has 5 heteroatoms. The minimum absolute atomic E-state index is 0.173. The number of phenols is 1. The Bertz CT molecular complexity index is 508. The fourth-order valence-corrected chi connectivity index (χ4v) is 1.49. The summed E-state index contributed by atoms with van der Waals surface area (Å²) < 4.78 is 4.61. The molecule has 1 heterocycles. The van der Waals surface area contributed by atoms with Gasteiger partial charge >= 0.3 is 0 Å². The van der Waals surface area contributed by atoms with Gasteiger partial charge in [0.1, 0.15) is 12.0 Å². The number of amides is 1. The van der Waals surface area contributed by atoms with E-state index in [4.69, 9.17) is 0 Å². The van der Waals surface area contributed by atoms with Crippen molar-refractivity contribution in [3.05, 3.63) is 47.9 Å². The number of rotatable bonds is 3. The summed E-state index contributed by atoms with van der Waals surface area (Å²) in [6.07, 6.45) is 1.35. The lowest BCUT2D eigenvalue weighted by Gasteiger charge is -2.16. The lowest BCUT2D eigenvalue weighted by Crippen LogP contribution is -2.26. The molecule has 88 valence electrons. The molecule has 0 unspecified atom stereocenters. The summed E-state index contributed by atoms with van der Waals surface area (Å²) in [6.45, 7) is 0.318. The van der Waals surface area contributed by atoms with Gasteiger partial charge in [-0.05, 0) is 6.07 Å². The van der Waals surface area contributed by atoms with Gasteiger partial charge in [0.25, 0.3) is 5.91 Å². The Labute approximate surface area is 98.3 Å². The number of aromatic hydroxyl groups is 1. The Hall–Kier alpha value is -2.30. The minimum atomic E-state index is -0.248. The van der Waals surface area contributed by atoms with Crippen molar-refractivity contribution in [2.75, 3.05) is 7.05 Å². The quantitative estimate of drug-likeness (QED) is 0.873. The number of benzene rings is 1.